The Balaban J connectivity index is 2.16. The quantitative estimate of drug-likeness (QED) is 0.843. The molecular formula is C18H25NO2. The molecule has 114 valence electrons. The van der Waals surface area contributed by atoms with Gasteiger partial charge in [0.1, 0.15) is 5.75 Å². The molecule has 2 N–H and O–H groups in total. The van der Waals surface area contributed by atoms with Crippen LogP contribution < -0.4 is 5.32 Å². The molecule has 0 saturated heterocycles. The molecule has 0 aromatic heterocycles. The number of nitrogens with one attached hydrogen (secondary N) is 1. The number of rotatable bonds is 6. The van der Waals surface area contributed by atoms with Gasteiger partial charge in [-0.15, -0.1) is 0 Å². The van der Waals surface area contributed by atoms with Crippen LogP contribution in [0.5, 0.6) is 5.75 Å². The molecule has 0 heterocycles. The van der Waals surface area contributed by atoms with Gasteiger partial charge in [-0.25, -0.2) is 0 Å². The van der Waals surface area contributed by atoms with Gasteiger partial charge in [-0.3, -0.25) is 0 Å². The minimum atomic E-state index is -0.213. The lowest BCUT2D eigenvalue weighted by molar-refractivity contribution is -0.0103. The second kappa shape index (κ2) is 6.46. The van der Waals surface area contributed by atoms with Crippen molar-refractivity contribution in [3.8, 4) is 5.75 Å². The van der Waals surface area contributed by atoms with Crippen LogP contribution in [-0.2, 0) is 4.74 Å². The van der Waals surface area contributed by atoms with Gasteiger partial charge in [0.15, 0.2) is 0 Å². The summed E-state index contributed by atoms with van der Waals surface area (Å²) in [5.74, 6) is 0.363. The van der Waals surface area contributed by atoms with Gasteiger partial charge in [0.25, 0.3) is 0 Å². The fraction of sp³-hybridized carbons (Fsp3) is 0.444. The largest absolute Gasteiger partial charge is 0.507 e. The zero-order valence-corrected chi connectivity index (χ0v) is 13.3. The Kier molecular flexibility index (Phi) is 4.86. The summed E-state index contributed by atoms with van der Waals surface area (Å²) in [5.41, 5.74) is 0.705. The Hall–Kier alpha value is -1.58. The fourth-order valence-electron chi connectivity index (χ4n) is 2.57. The van der Waals surface area contributed by atoms with E-state index in [1.54, 1.807) is 0 Å². The lowest BCUT2D eigenvalue weighted by atomic mass is 10.0. The van der Waals surface area contributed by atoms with Gasteiger partial charge < -0.3 is 15.2 Å². The van der Waals surface area contributed by atoms with E-state index in [4.69, 9.17) is 4.74 Å². The highest BCUT2D eigenvalue weighted by Gasteiger charge is 2.20. The molecule has 0 radical (unpaired) electrons. The molecule has 1 atom stereocenters. The molecule has 3 nitrogen and oxygen atoms in total. The van der Waals surface area contributed by atoms with Crippen LogP contribution in [0.1, 0.15) is 39.3 Å². The summed E-state index contributed by atoms with van der Waals surface area (Å²) in [6, 6.07) is 12.0. The van der Waals surface area contributed by atoms with Crippen molar-refractivity contribution in [1.29, 1.82) is 0 Å². The average Bonchev–Trinajstić information content (AvgIpc) is 2.45. The van der Waals surface area contributed by atoms with Gasteiger partial charge in [-0.05, 0) is 33.1 Å². The number of hydrogen-bond acceptors (Lipinski definition) is 3. The van der Waals surface area contributed by atoms with Crippen molar-refractivity contribution < 1.29 is 9.84 Å². The molecule has 0 aliphatic carbocycles. The van der Waals surface area contributed by atoms with Crippen molar-refractivity contribution in [2.24, 2.45) is 0 Å². The third-order valence-corrected chi connectivity index (χ3v) is 3.77. The maximum Gasteiger partial charge on any atom is 0.128 e. The molecule has 0 amide bonds. The third-order valence-electron chi connectivity index (χ3n) is 3.77. The number of phenols is 1. The SMILES string of the molecule is CCOC(C)(C)CNC(C)c1ccc2ccccc2c1O. The summed E-state index contributed by atoms with van der Waals surface area (Å²) in [4.78, 5) is 0. The number of hydrogen-bond donors (Lipinski definition) is 2. The molecule has 3 heteroatoms. The van der Waals surface area contributed by atoms with E-state index in [0.717, 1.165) is 22.9 Å². The normalized spacial score (nSPS) is 13.5. The van der Waals surface area contributed by atoms with Crippen LogP contribution in [0.25, 0.3) is 10.8 Å². The smallest absolute Gasteiger partial charge is 0.128 e. The van der Waals surface area contributed by atoms with Crippen molar-refractivity contribution in [2.75, 3.05) is 13.2 Å². The maximum absolute atomic E-state index is 10.5. The van der Waals surface area contributed by atoms with E-state index >= 15 is 0 Å². The summed E-state index contributed by atoms with van der Waals surface area (Å²) in [6.07, 6.45) is 0. The minimum absolute atomic E-state index is 0.0642. The van der Waals surface area contributed by atoms with E-state index < -0.39 is 0 Å². The second-order valence-electron chi connectivity index (χ2n) is 6.02. The first kappa shape index (κ1) is 15.8. The summed E-state index contributed by atoms with van der Waals surface area (Å²) >= 11 is 0. The highest BCUT2D eigenvalue weighted by atomic mass is 16.5. The molecule has 21 heavy (non-hydrogen) atoms. The molecule has 0 bridgehead atoms. The van der Waals surface area contributed by atoms with Crippen LogP contribution in [0, 0.1) is 0 Å². The third kappa shape index (κ3) is 3.74. The summed E-state index contributed by atoms with van der Waals surface area (Å²) in [5, 5.41) is 15.9. The molecule has 0 spiro atoms. The van der Waals surface area contributed by atoms with Crippen molar-refractivity contribution in [3.05, 3.63) is 42.0 Å². The minimum Gasteiger partial charge on any atom is -0.507 e. The maximum atomic E-state index is 10.5. The molecule has 1 unspecified atom stereocenters. The molecule has 0 aliphatic rings. The van der Waals surface area contributed by atoms with Crippen LogP contribution >= 0.6 is 0 Å². The Bertz CT molecular complexity index is 607. The number of phenolic OH excluding ortho intramolecular Hbond substituents is 1. The average molecular weight is 287 g/mol. The Morgan fingerprint density at radius 3 is 2.62 bits per heavy atom. The highest BCUT2D eigenvalue weighted by Crippen LogP contribution is 2.32. The molecule has 2 rings (SSSR count). The zero-order valence-electron chi connectivity index (χ0n) is 13.3. The van der Waals surface area contributed by atoms with Crippen LogP contribution in [0.15, 0.2) is 36.4 Å². The van der Waals surface area contributed by atoms with Gasteiger partial charge in [0.2, 0.25) is 0 Å². The summed E-state index contributed by atoms with van der Waals surface area (Å²) in [7, 11) is 0. The van der Waals surface area contributed by atoms with E-state index in [-0.39, 0.29) is 11.6 Å². The van der Waals surface area contributed by atoms with Gasteiger partial charge in [0.05, 0.1) is 5.60 Å². The van der Waals surface area contributed by atoms with Crippen LogP contribution in [0.2, 0.25) is 0 Å². The zero-order chi connectivity index (χ0) is 15.5. The summed E-state index contributed by atoms with van der Waals surface area (Å²) in [6.45, 7) is 9.62. The number of benzene rings is 2. The van der Waals surface area contributed by atoms with Crippen molar-refractivity contribution in [2.45, 2.75) is 39.3 Å². The molecule has 2 aromatic rings. The Labute approximate surface area is 126 Å². The molecular weight excluding hydrogens is 262 g/mol. The number of ether oxygens (including phenoxy) is 1. The van der Waals surface area contributed by atoms with Crippen LogP contribution in [0.4, 0.5) is 0 Å². The van der Waals surface area contributed by atoms with E-state index in [2.05, 4.69) is 32.2 Å². The lowest BCUT2D eigenvalue weighted by Gasteiger charge is -2.27. The first-order valence-corrected chi connectivity index (χ1v) is 7.52. The topological polar surface area (TPSA) is 41.5 Å². The fourth-order valence-corrected chi connectivity index (χ4v) is 2.57. The standard InChI is InChI=1S/C18H25NO2/c1-5-21-18(3,4)12-19-13(2)15-11-10-14-8-6-7-9-16(14)17(15)20/h6-11,13,19-20H,5,12H2,1-4H3. The first-order chi connectivity index (χ1) is 9.94. The molecule has 0 saturated carbocycles. The van der Waals surface area contributed by atoms with Crippen molar-refractivity contribution in [3.63, 3.8) is 0 Å². The Morgan fingerprint density at radius 1 is 1.19 bits per heavy atom. The predicted octanol–water partition coefficient (Wildman–Crippen LogP) is 4.01. The number of aromatic hydroxyl groups is 1. The lowest BCUT2D eigenvalue weighted by Crippen LogP contribution is -2.38. The number of fused-ring (bicyclic) bond motifs is 1. The molecule has 0 aliphatic heterocycles. The van der Waals surface area contributed by atoms with E-state index in [0.29, 0.717) is 12.4 Å². The van der Waals surface area contributed by atoms with Crippen LogP contribution in [0.3, 0.4) is 0 Å². The summed E-state index contributed by atoms with van der Waals surface area (Å²) < 4.78 is 5.69. The molecule has 0 fully saturated rings. The van der Waals surface area contributed by atoms with Gasteiger partial charge in [-0.1, -0.05) is 36.4 Å². The van der Waals surface area contributed by atoms with Gasteiger partial charge >= 0.3 is 0 Å². The van der Waals surface area contributed by atoms with Crippen molar-refractivity contribution in [1.82, 2.24) is 5.32 Å². The Morgan fingerprint density at radius 2 is 1.90 bits per heavy atom. The second-order valence-corrected chi connectivity index (χ2v) is 6.02. The monoisotopic (exact) mass is 287 g/mol. The van der Waals surface area contributed by atoms with E-state index in [9.17, 15) is 5.11 Å². The molecule has 2 aromatic carbocycles. The first-order valence-electron chi connectivity index (χ1n) is 7.52. The highest BCUT2D eigenvalue weighted by molar-refractivity contribution is 5.89. The van der Waals surface area contributed by atoms with E-state index in [1.165, 1.54) is 0 Å². The predicted molar refractivity (Wildman–Crippen MR) is 87.7 cm³/mol. The van der Waals surface area contributed by atoms with Gasteiger partial charge in [-0.2, -0.15) is 0 Å². The van der Waals surface area contributed by atoms with Crippen LogP contribution in [-0.4, -0.2) is 23.9 Å². The van der Waals surface area contributed by atoms with Gasteiger partial charge in [0, 0.05) is 30.1 Å². The van der Waals surface area contributed by atoms with E-state index in [1.807, 2.05) is 37.3 Å². The van der Waals surface area contributed by atoms with Crippen molar-refractivity contribution >= 4 is 10.8 Å².